The van der Waals surface area contributed by atoms with Crippen LogP contribution in [0.15, 0.2) is 98.0 Å². The first-order chi connectivity index (χ1) is 16.0. The zero-order chi connectivity index (χ0) is 23.6. The average molecular weight is 592 g/mol. The van der Waals surface area contributed by atoms with E-state index in [-0.39, 0.29) is 0 Å². The van der Waals surface area contributed by atoms with Crippen molar-refractivity contribution in [3.8, 4) is 0 Å². The Morgan fingerprint density at radius 3 is 2.21 bits per heavy atom. The zero-order valence-corrected chi connectivity index (χ0v) is 22.8. The Labute approximate surface area is 218 Å². The summed E-state index contributed by atoms with van der Waals surface area (Å²) in [5.41, 5.74) is 4.33. The Bertz CT molecular complexity index is 1090. The van der Waals surface area contributed by atoms with Gasteiger partial charge in [0.1, 0.15) is 5.76 Å². The van der Waals surface area contributed by atoms with E-state index in [4.69, 9.17) is 20.8 Å². The van der Waals surface area contributed by atoms with Crippen molar-refractivity contribution in [2.24, 2.45) is 0 Å². The van der Waals surface area contributed by atoms with Crippen LogP contribution in [0.3, 0.4) is 0 Å². The lowest BCUT2D eigenvalue weighted by Gasteiger charge is -2.16. The van der Waals surface area contributed by atoms with Gasteiger partial charge in [0, 0.05) is 32.5 Å². The molecule has 0 unspecified atom stereocenters. The van der Waals surface area contributed by atoms with Gasteiger partial charge in [-0.15, -0.1) is 0 Å². The van der Waals surface area contributed by atoms with E-state index in [9.17, 15) is 0 Å². The molecule has 172 valence electrons. The van der Waals surface area contributed by atoms with Crippen LogP contribution in [0.1, 0.15) is 48.7 Å². The molecule has 0 N–H and O–H groups in total. The van der Waals surface area contributed by atoms with Gasteiger partial charge in [-0.05, 0) is 85.9 Å². The first kappa shape index (κ1) is 25.7. The lowest BCUT2D eigenvalue weighted by molar-refractivity contribution is -0.261. The summed E-state index contributed by atoms with van der Waals surface area (Å²) < 4.78 is 13.9. The van der Waals surface area contributed by atoms with Gasteiger partial charge in [-0.3, -0.25) is 4.42 Å². The molecule has 2 aromatic carbocycles. The summed E-state index contributed by atoms with van der Waals surface area (Å²) in [5, 5.41) is 0.812. The highest BCUT2D eigenvalue weighted by Gasteiger charge is 2.16. The summed E-state index contributed by atoms with van der Waals surface area (Å²) in [6.07, 6.45) is 11.2. The van der Waals surface area contributed by atoms with E-state index in [2.05, 4.69) is 44.0 Å². The van der Waals surface area contributed by atoms with E-state index in [0.29, 0.717) is 13.2 Å². The van der Waals surface area contributed by atoms with E-state index in [1.807, 2.05) is 74.5 Å². The molecule has 0 fully saturated rings. The Morgan fingerprint density at radius 2 is 1.61 bits per heavy atom. The molecular formula is C28H28Br2ClO2+. The third kappa shape index (κ3) is 7.56. The van der Waals surface area contributed by atoms with Crippen LogP contribution in [0.2, 0.25) is 0 Å². The molecule has 3 rings (SSSR count). The highest BCUT2D eigenvalue weighted by atomic mass is 79.9. The summed E-state index contributed by atoms with van der Waals surface area (Å²) in [6.45, 7) is 5.20. The number of carbonyl (C=O) groups excluding carboxylic acids is 1. The van der Waals surface area contributed by atoms with Gasteiger partial charge in [0.05, 0.1) is 12.2 Å². The molecule has 0 saturated heterocycles. The molecule has 2 nitrogen and oxygen atoms in total. The van der Waals surface area contributed by atoms with E-state index in [0.717, 1.165) is 67.1 Å². The number of hydrogen-bond acceptors (Lipinski definition) is 1. The molecule has 5 heteroatoms. The molecule has 0 saturated carbocycles. The number of ether oxygens (including phenoxy) is 1. The quantitative estimate of drug-likeness (QED) is 0.130. The minimum atomic E-state index is 0.606. The maximum atomic E-state index is 6.83. The predicted octanol–water partition coefficient (Wildman–Crippen LogP) is 9.19. The first-order valence-corrected chi connectivity index (χ1v) is 13.1. The second-order valence-electron chi connectivity index (χ2n) is 7.49. The molecule has 2 aromatic rings. The van der Waals surface area contributed by atoms with Gasteiger partial charge < -0.3 is 4.74 Å². The Hall–Kier alpha value is -1.88. The van der Waals surface area contributed by atoms with Crippen LogP contribution >= 0.6 is 43.5 Å². The monoisotopic (exact) mass is 589 g/mol. The van der Waals surface area contributed by atoms with Crippen molar-refractivity contribution in [3.05, 3.63) is 109 Å². The third-order valence-corrected chi connectivity index (χ3v) is 6.73. The van der Waals surface area contributed by atoms with Crippen LogP contribution < -0.4 is 0 Å². The number of benzene rings is 2. The van der Waals surface area contributed by atoms with Crippen LogP contribution in [-0.2, 0) is 4.74 Å². The number of ketones is 1. The second kappa shape index (κ2) is 13.1. The van der Waals surface area contributed by atoms with Crippen LogP contribution in [0.25, 0.3) is 5.76 Å². The predicted molar refractivity (Wildman–Crippen MR) is 147 cm³/mol. The van der Waals surface area contributed by atoms with Gasteiger partial charge in [-0.2, -0.15) is 0 Å². The van der Waals surface area contributed by atoms with Crippen molar-refractivity contribution in [2.45, 2.75) is 33.1 Å². The highest BCUT2D eigenvalue weighted by molar-refractivity contribution is 9.10. The van der Waals surface area contributed by atoms with Crippen LogP contribution in [0.5, 0.6) is 0 Å². The van der Waals surface area contributed by atoms with Crippen molar-refractivity contribution in [2.75, 3.05) is 13.2 Å². The maximum Gasteiger partial charge on any atom is 0.350 e. The molecule has 1 aliphatic carbocycles. The van der Waals surface area contributed by atoms with Crippen molar-refractivity contribution in [1.29, 1.82) is 0 Å². The summed E-state index contributed by atoms with van der Waals surface area (Å²) >= 11 is 13.8. The fourth-order valence-corrected chi connectivity index (χ4v) is 4.40. The van der Waals surface area contributed by atoms with Crippen molar-refractivity contribution in [1.82, 2.24) is 0 Å². The molecule has 0 aliphatic heterocycles. The Balaban J connectivity index is 1.87. The van der Waals surface area contributed by atoms with Gasteiger partial charge in [0.25, 0.3) is 6.61 Å². The normalized spacial score (nSPS) is 16.7. The summed E-state index contributed by atoms with van der Waals surface area (Å²) in [6, 6.07) is 16.3. The number of hydrogen-bond donors (Lipinski definition) is 0. The van der Waals surface area contributed by atoms with Crippen LogP contribution in [0.4, 0.5) is 0 Å². The number of allylic oxidation sites excluding steroid dienone is 7. The van der Waals surface area contributed by atoms with E-state index in [1.165, 1.54) is 0 Å². The first-order valence-electron chi connectivity index (χ1n) is 11.1. The molecule has 0 bridgehead atoms. The lowest BCUT2D eigenvalue weighted by atomic mass is 9.93. The van der Waals surface area contributed by atoms with E-state index >= 15 is 0 Å². The fourth-order valence-electron chi connectivity index (χ4n) is 3.56. The molecular weight excluding hydrogens is 564 g/mol. The SMILES string of the molecule is CCO/C(=C/C=C1\CCCC(/C=C/C(=[O+]CC)c2ccc(Br)cc2)=C1Cl)c1ccc(Br)cc1. The molecule has 0 radical (unpaired) electrons. The molecule has 0 aromatic heterocycles. The van der Waals surface area contributed by atoms with Gasteiger partial charge in [-0.25, -0.2) is 0 Å². The average Bonchev–Trinajstić information content (AvgIpc) is 2.82. The summed E-state index contributed by atoms with van der Waals surface area (Å²) in [7, 11) is 0. The van der Waals surface area contributed by atoms with Crippen LogP contribution in [0, 0.1) is 0 Å². The fraction of sp³-hybridized carbons (Fsp3) is 0.250. The number of rotatable bonds is 8. The van der Waals surface area contributed by atoms with E-state index < -0.39 is 0 Å². The lowest BCUT2D eigenvalue weighted by Crippen LogP contribution is -2.01. The smallest absolute Gasteiger partial charge is 0.350 e. The Kier molecular flexibility index (Phi) is 10.2. The maximum absolute atomic E-state index is 6.83. The molecule has 0 heterocycles. The van der Waals surface area contributed by atoms with Gasteiger partial charge in [-0.1, -0.05) is 61.7 Å². The molecule has 0 atom stereocenters. The molecule has 33 heavy (non-hydrogen) atoms. The third-order valence-electron chi connectivity index (χ3n) is 5.19. The molecule has 1 aliphatic rings. The minimum absolute atomic E-state index is 0.606. The highest BCUT2D eigenvalue weighted by Crippen LogP contribution is 2.33. The zero-order valence-electron chi connectivity index (χ0n) is 18.9. The van der Waals surface area contributed by atoms with Crippen molar-refractivity contribution >= 4 is 55.0 Å². The molecule has 0 spiro atoms. The van der Waals surface area contributed by atoms with Gasteiger partial charge in [0.15, 0.2) is 0 Å². The minimum Gasteiger partial charge on any atom is -0.493 e. The van der Waals surface area contributed by atoms with Gasteiger partial charge in [0.2, 0.25) is 0 Å². The van der Waals surface area contributed by atoms with Crippen LogP contribution in [-0.4, -0.2) is 19.0 Å². The number of halogens is 3. The molecule has 0 amide bonds. The van der Waals surface area contributed by atoms with Crippen molar-refractivity contribution in [3.63, 3.8) is 0 Å². The standard InChI is InChI=1S/C28H28Br2ClO2/c1-3-32-26(20-8-14-24(29)15-9-20)18-12-22-6-5-7-23(28(22)31)13-19-27(33-4-2)21-10-16-25(30)17-11-21/h8-19H,3-7H2,1-2H3/q+1/b18-12+,23-13+,27-19+. The second-order valence-corrected chi connectivity index (χ2v) is 9.70. The summed E-state index contributed by atoms with van der Waals surface area (Å²) in [4.78, 5) is 0. The largest absolute Gasteiger partial charge is 0.493 e. The van der Waals surface area contributed by atoms with Gasteiger partial charge >= 0.3 is 5.78 Å². The summed E-state index contributed by atoms with van der Waals surface area (Å²) in [5.74, 6) is 1.68. The topological polar surface area (TPSA) is 20.5 Å². The van der Waals surface area contributed by atoms with Crippen molar-refractivity contribution < 1.29 is 9.16 Å². The van der Waals surface area contributed by atoms with E-state index in [1.54, 1.807) is 0 Å². The Morgan fingerprint density at radius 1 is 0.970 bits per heavy atom.